The zero-order valence-corrected chi connectivity index (χ0v) is 33.3. The third kappa shape index (κ3) is 8.81. The number of anilines is 4. The summed E-state index contributed by atoms with van der Waals surface area (Å²) in [6.07, 6.45) is 13.8. The van der Waals surface area contributed by atoms with Gasteiger partial charge in [-0.1, -0.05) is 60.7 Å². The van der Waals surface area contributed by atoms with Crippen molar-refractivity contribution in [3.63, 3.8) is 0 Å². The Kier molecular flexibility index (Phi) is 12.2. The van der Waals surface area contributed by atoms with E-state index in [9.17, 15) is 19.2 Å². The van der Waals surface area contributed by atoms with E-state index in [4.69, 9.17) is 0 Å². The van der Waals surface area contributed by atoms with E-state index >= 15 is 0 Å². The molecule has 0 saturated carbocycles. The molecule has 4 heterocycles. The van der Waals surface area contributed by atoms with Crippen molar-refractivity contribution in [3.8, 4) is 0 Å². The Morgan fingerprint density at radius 3 is 1.22 bits per heavy atom. The highest BCUT2D eigenvalue weighted by Crippen LogP contribution is 2.31. The molecule has 0 spiro atoms. The van der Waals surface area contributed by atoms with Gasteiger partial charge in [-0.3, -0.25) is 19.2 Å². The Labute approximate surface area is 341 Å². The maximum Gasteiger partial charge on any atom is 0.256 e. The zero-order valence-electron chi connectivity index (χ0n) is 33.3. The number of carbonyl (C=O) groups excluding carboxylic acids is 4. The van der Waals surface area contributed by atoms with Crippen LogP contribution >= 0.6 is 0 Å². The summed E-state index contributed by atoms with van der Waals surface area (Å²) in [5, 5.41) is 6.10. The van der Waals surface area contributed by atoms with Crippen molar-refractivity contribution >= 4 is 58.5 Å². The van der Waals surface area contributed by atoms with Gasteiger partial charge in [0.2, 0.25) is 11.8 Å². The smallest absolute Gasteiger partial charge is 0.256 e. The predicted octanol–water partition coefficient (Wildman–Crippen LogP) is 8.32. The molecule has 58 heavy (non-hydrogen) atoms. The monoisotopic (exact) mass is 778 g/mol. The largest absolute Gasteiger partial charge is 0.371 e. The second-order valence-electron chi connectivity index (χ2n) is 16.0. The lowest BCUT2D eigenvalue weighted by Gasteiger charge is -2.32. The van der Waals surface area contributed by atoms with Crippen molar-refractivity contribution in [1.82, 2.24) is 9.80 Å². The minimum atomic E-state index is -0.513. The van der Waals surface area contributed by atoms with E-state index in [1.807, 2.05) is 109 Å². The molecule has 0 radical (unpaired) electrons. The summed E-state index contributed by atoms with van der Waals surface area (Å²) in [4.78, 5) is 62.8. The first-order valence-electron chi connectivity index (χ1n) is 21.2. The lowest BCUT2D eigenvalue weighted by atomic mass is 10.1. The Morgan fingerprint density at radius 2 is 0.828 bits per heavy atom. The molecule has 10 heteroatoms. The van der Waals surface area contributed by atoms with Gasteiger partial charge in [-0.25, -0.2) is 0 Å². The number of benzene rings is 4. The molecule has 0 aliphatic carbocycles. The summed E-state index contributed by atoms with van der Waals surface area (Å²) in [6.45, 7) is 4.93. The van der Waals surface area contributed by atoms with Crippen LogP contribution in [0.2, 0.25) is 0 Å². The van der Waals surface area contributed by atoms with Crippen LogP contribution in [0.4, 0.5) is 22.7 Å². The zero-order chi connectivity index (χ0) is 39.8. The molecule has 2 N–H and O–H groups in total. The highest BCUT2D eigenvalue weighted by atomic mass is 16.2. The van der Waals surface area contributed by atoms with E-state index in [0.717, 1.165) is 87.2 Å². The lowest BCUT2D eigenvalue weighted by molar-refractivity contribution is -0.120. The van der Waals surface area contributed by atoms with Crippen LogP contribution in [0.25, 0.3) is 12.2 Å². The Morgan fingerprint density at radius 1 is 0.448 bits per heavy atom. The molecule has 2 atom stereocenters. The summed E-state index contributed by atoms with van der Waals surface area (Å²) in [5.41, 5.74) is 6.59. The maximum absolute atomic E-state index is 13.8. The van der Waals surface area contributed by atoms with E-state index in [1.165, 1.54) is 12.8 Å². The fraction of sp³-hybridized carbons (Fsp3) is 0.375. The van der Waals surface area contributed by atoms with Crippen molar-refractivity contribution < 1.29 is 19.2 Å². The van der Waals surface area contributed by atoms with Crippen molar-refractivity contribution in [2.45, 2.75) is 76.3 Å². The van der Waals surface area contributed by atoms with E-state index in [0.29, 0.717) is 48.4 Å². The molecular weight excluding hydrogens is 725 g/mol. The van der Waals surface area contributed by atoms with Crippen LogP contribution in [0.1, 0.15) is 96.1 Å². The molecule has 300 valence electrons. The number of hydrogen-bond donors (Lipinski definition) is 2. The van der Waals surface area contributed by atoms with Crippen LogP contribution in [0.15, 0.2) is 97.1 Å². The van der Waals surface area contributed by atoms with Crippen LogP contribution in [-0.4, -0.2) is 84.8 Å². The average molecular weight is 779 g/mol. The molecule has 0 bridgehead atoms. The van der Waals surface area contributed by atoms with Gasteiger partial charge in [0.15, 0.2) is 0 Å². The lowest BCUT2D eigenvalue weighted by Crippen LogP contribution is -2.43. The molecule has 4 fully saturated rings. The molecule has 4 aromatic rings. The SMILES string of the molecule is O=C(Nc1ccc(C=Cc2ccc(NC(=O)[C@@H]3CCCN3C(=O)c3ccccc3N3CCCCC3)cc2)cc1)[C@@H]1CCCN1C(=O)c1ccccc1N1CCCCC1. The standard InChI is InChI=1S/C48H54N6O4/c55-45(43-17-11-33-53(43)47(57)39-13-3-5-15-41(39)51-29-7-1-8-30-51)49-37-25-21-35(22-26-37)19-20-36-23-27-38(28-24-36)50-46(56)44-18-12-34-54(44)48(58)40-14-4-6-16-42(40)52-31-9-2-10-32-52/h3-6,13-16,19-28,43-44H,1-2,7-12,17-18,29-34H2,(H,49,55)(H,50,56)/t43-,44-/m0/s1. The normalized spacial score (nSPS) is 19.7. The highest BCUT2D eigenvalue weighted by molar-refractivity contribution is 6.05. The van der Waals surface area contributed by atoms with Crippen molar-refractivity contribution in [2.75, 3.05) is 59.7 Å². The molecule has 4 aromatic carbocycles. The average Bonchev–Trinajstić information content (AvgIpc) is 3.99. The maximum atomic E-state index is 13.8. The van der Waals surface area contributed by atoms with E-state index in [-0.39, 0.29) is 23.6 Å². The quantitative estimate of drug-likeness (QED) is 0.157. The fourth-order valence-corrected chi connectivity index (χ4v) is 9.00. The van der Waals surface area contributed by atoms with E-state index < -0.39 is 12.1 Å². The van der Waals surface area contributed by atoms with Crippen LogP contribution in [-0.2, 0) is 9.59 Å². The highest BCUT2D eigenvalue weighted by Gasteiger charge is 2.37. The molecule has 0 aromatic heterocycles. The van der Waals surface area contributed by atoms with Crippen LogP contribution < -0.4 is 20.4 Å². The van der Waals surface area contributed by atoms with Gasteiger partial charge in [-0.2, -0.15) is 0 Å². The number of hydrogen-bond acceptors (Lipinski definition) is 6. The second kappa shape index (κ2) is 18.1. The second-order valence-corrected chi connectivity index (χ2v) is 16.0. The first-order chi connectivity index (χ1) is 28.4. The van der Waals surface area contributed by atoms with Gasteiger partial charge >= 0.3 is 0 Å². The Bertz CT molecular complexity index is 1970. The first-order valence-corrected chi connectivity index (χ1v) is 21.2. The molecule has 4 saturated heterocycles. The molecular formula is C48H54N6O4. The number of carbonyl (C=O) groups is 4. The van der Waals surface area contributed by atoms with Crippen LogP contribution in [0.5, 0.6) is 0 Å². The summed E-state index contributed by atoms with van der Waals surface area (Å²) < 4.78 is 0. The fourth-order valence-electron chi connectivity index (χ4n) is 9.00. The summed E-state index contributed by atoms with van der Waals surface area (Å²) in [7, 11) is 0. The number of rotatable bonds is 10. The minimum absolute atomic E-state index is 0.0768. The summed E-state index contributed by atoms with van der Waals surface area (Å²) in [6, 6.07) is 29.9. The topological polar surface area (TPSA) is 105 Å². The van der Waals surface area contributed by atoms with Crippen LogP contribution in [0.3, 0.4) is 0 Å². The van der Waals surface area contributed by atoms with E-state index in [1.54, 1.807) is 9.80 Å². The third-order valence-electron chi connectivity index (χ3n) is 12.1. The number of amides is 4. The Hall–Kier alpha value is -5.90. The summed E-state index contributed by atoms with van der Waals surface area (Å²) >= 11 is 0. The van der Waals surface area contributed by atoms with Crippen molar-refractivity contribution in [3.05, 3.63) is 119 Å². The Balaban J connectivity index is 0.843. The molecule has 10 nitrogen and oxygen atoms in total. The summed E-state index contributed by atoms with van der Waals surface area (Å²) in [5.74, 6) is -0.483. The molecule has 8 rings (SSSR count). The van der Waals surface area contributed by atoms with E-state index in [2.05, 4.69) is 20.4 Å². The number of nitrogens with one attached hydrogen (secondary N) is 2. The van der Waals surface area contributed by atoms with Gasteiger partial charge in [-0.05, 0) is 124 Å². The third-order valence-corrected chi connectivity index (χ3v) is 12.1. The van der Waals surface area contributed by atoms with Gasteiger partial charge in [0.25, 0.3) is 11.8 Å². The number of piperidine rings is 2. The van der Waals surface area contributed by atoms with Gasteiger partial charge in [0.05, 0.1) is 11.1 Å². The van der Waals surface area contributed by atoms with Gasteiger partial charge < -0.3 is 30.2 Å². The number of likely N-dealkylation sites (tertiary alicyclic amines) is 2. The van der Waals surface area contributed by atoms with Gasteiger partial charge in [-0.15, -0.1) is 0 Å². The predicted molar refractivity (Wildman–Crippen MR) is 232 cm³/mol. The van der Waals surface area contributed by atoms with Gasteiger partial charge in [0, 0.05) is 62.0 Å². The molecule has 4 amide bonds. The number of para-hydroxylation sites is 2. The van der Waals surface area contributed by atoms with Crippen molar-refractivity contribution in [2.24, 2.45) is 0 Å². The molecule has 4 aliphatic rings. The minimum Gasteiger partial charge on any atom is -0.371 e. The molecule has 0 unspecified atom stereocenters. The first kappa shape index (κ1) is 38.9. The number of nitrogens with zero attached hydrogens (tertiary/aromatic N) is 4. The van der Waals surface area contributed by atoms with Crippen LogP contribution in [0, 0.1) is 0 Å². The van der Waals surface area contributed by atoms with Gasteiger partial charge in [0.1, 0.15) is 12.1 Å². The molecule has 4 aliphatic heterocycles. The van der Waals surface area contributed by atoms with Crippen molar-refractivity contribution in [1.29, 1.82) is 0 Å².